The predicted octanol–water partition coefficient (Wildman–Crippen LogP) is 9.17. The average molecular weight is 757 g/mol. The number of benzene rings is 3. The first kappa shape index (κ1) is 31.7. The third-order valence-corrected chi connectivity index (χ3v) is 10.2. The molecule has 0 saturated carbocycles. The van der Waals surface area contributed by atoms with Crippen LogP contribution in [0.2, 0.25) is 15.1 Å². The fourth-order valence-electron chi connectivity index (χ4n) is 7.00. The Morgan fingerprint density at radius 1 is 0.962 bits per heavy atom. The zero-order valence-corrected chi connectivity index (χ0v) is 30.0. The standard InChI is InChI=1S/C39H34Cl3N7O3/c40-26-10-9-25(30(42)20-26)22-48-23-44-34(24-6-2-1-3-7-24)36(48)33-29-12-11-27(41)21-32(29)45-35(33)38(50)46-31-8-4-15-43-37(31)47-17-13-28(14-18-47)49-16-5-19-52-39(49)51/h1-4,6-12,15,20-21,23,28,45H,5,13-14,16-19,22H2,(H,46,50)/i22D2. The largest absolute Gasteiger partial charge is 0.449 e. The number of hydrogen-bond donors (Lipinski definition) is 2. The minimum Gasteiger partial charge on any atom is -0.449 e. The Bertz CT molecular complexity index is 2380. The number of aromatic nitrogens is 4. The molecule has 0 unspecified atom stereocenters. The number of hydrogen-bond acceptors (Lipinski definition) is 6. The van der Waals surface area contributed by atoms with Crippen molar-refractivity contribution in [1.82, 2.24) is 24.4 Å². The lowest BCUT2D eigenvalue weighted by molar-refractivity contribution is 0.0499. The number of amides is 2. The average Bonchev–Trinajstić information content (AvgIpc) is 3.78. The van der Waals surface area contributed by atoms with Gasteiger partial charge in [0.25, 0.3) is 5.91 Å². The number of carbonyl (C=O) groups excluding carboxylic acids is 2. The number of nitrogens with one attached hydrogen (secondary N) is 2. The first-order chi connectivity index (χ1) is 26.1. The number of ether oxygens (including phenoxy) is 1. The summed E-state index contributed by atoms with van der Waals surface area (Å²) in [7, 11) is 0. The van der Waals surface area contributed by atoms with E-state index in [0.717, 1.165) is 24.8 Å². The van der Waals surface area contributed by atoms with Crippen LogP contribution in [0.25, 0.3) is 33.4 Å². The van der Waals surface area contributed by atoms with Gasteiger partial charge in [-0.25, -0.2) is 14.8 Å². The molecule has 0 spiro atoms. The van der Waals surface area contributed by atoms with Gasteiger partial charge in [-0.1, -0.05) is 77.3 Å². The highest BCUT2D eigenvalue weighted by atomic mass is 35.5. The van der Waals surface area contributed by atoms with Crippen LogP contribution < -0.4 is 10.2 Å². The molecule has 13 heteroatoms. The van der Waals surface area contributed by atoms with Gasteiger partial charge in [0.1, 0.15) is 5.69 Å². The summed E-state index contributed by atoms with van der Waals surface area (Å²) in [6.07, 6.45) is 5.13. The lowest BCUT2D eigenvalue weighted by Crippen LogP contribution is -2.50. The minimum atomic E-state index is -2.24. The molecule has 2 N–H and O–H groups in total. The van der Waals surface area contributed by atoms with Crippen molar-refractivity contribution >= 4 is 69.2 Å². The van der Waals surface area contributed by atoms with Gasteiger partial charge in [-0.05, 0) is 61.2 Å². The Morgan fingerprint density at radius 2 is 1.75 bits per heavy atom. The molecule has 10 nitrogen and oxygen atoms in total. The van der Waals surface area contributed by atoms with E-state index in [2.05, 4.69) is 20.2 Å². The smallest absolute Gasteiger partial charge is 0.410 e. The van der Waals surface area contributed by atoms with Crippen LogP contribution in [0.4, 0.5) is 16.3 Å². The van der Waals surface area contributed by atoms with Crippen LogP contribution in [-0.4, -0.2) is 68.7 Å². The topological polar surface area (TPSA) is 108 Å². The second-order valence-electron chi connectivity index (χ2n) is 12.7. The van der Waals surface area contributed by atoms with E-state index >= 15 is 0 Å². The van der Waals surface area contributed by atoms with Gasteiger partial charge >= 0.3 is 6.09 Å². The highest BCUT2D eigenvalue weighted by molar-refractivity contribution is 6.35. The predicted molar refractivity (Wildman–Crippen MR) is 206 cm³/mol. The van der Waals surface area contributed by atoms with Gasteiger partial charge in [-0.15, -0.1) is 0 Å². The number of aromatic amines is 1. The highest BCUT2D eigenvalue weighted by Gasteiger charge is 2.32. The molecule has 0 atom stereocenters. The first-order valence-corrected chi connectivity index (χ1v) is 18.1. The molecule has 3 aromatic heterocycles. The Labute approximate surface area is 318 Å². The molecule has 2 aliphatic rings. The summed E-state index contributed by atoms with van der Waals surface area (Å²) in [5.74, 6) is 0.129. The number of piperidine rings is 1. The molecule has 8 rings (SSSR count). The maximum Gasteiger partial charge on any atom is 0.410 e. The molecule has 0 bridgehead atoms. The number of halogens is 3. The third-order valence-electron chi connectivity index (χ3n) is 9.45. The van der Waals surface area contributed by atoms with Gasteiger partial charge < -0.3 is 29.4 Å². The molecule has 2 amide bonds. The van der Waals surface area contributed by atoms with Crippen molar-refractivity contribution < 1.29 is 17.1 Å². The van der Waals surface area contributed by atoms with E-state index in [1.54, 1.807) is 48.7 Å². The van der Waals surface area contributed by atoms with Gasteiger partial charge in [0.15, 0.2) is 5.82 Å². The second kappa shape index (κ2) is 14.5. The number of pyridine rings is 1. The van der Waals surface area contributed by atoms with Gasteiger partial charge in [-0.2, -0.15) is 0 Å². The molecule has 264 valence electrons. The molecule has 6 aromatic rings. The van der Waals surface area contributed by atoms with Crippen molar-refractivity contribution in [2.75, 3.05) is 36.5 Å². The lowest BCUT2D eigenvalue weighted by Gasteiger charge is -2.40. The number of carbonyl (C=O) groups is 2. The summed E-state index contributed by atoms with van der Waals surface area (Å²) >= 11 is 19.3. The number of nitrogens with zero attached hydrogens (tertiary/aromatic N) is 5. The maximum atomic E-state index is 14.6. The van der Waals surface area contributed by atoms with E-state index in [-0.39, 0.29) is 28.4 Å². The summed E-state index contributed by atoms with van der Waals surface area (Å²) in [4.78, 5) is 43.7. The SMILES string of the molecule is [2H]C([2H])(c1ccc(Cl)cc1Cl)n1cnc(-c2ccccc2)c1-c1c(C(=O)Nc2cccnc2N2CCC(N3CCCOC3=O)CC2)[nH]c2cc(Cl)ccc12. The molecular weight excluding hydrogens is 721 g/mol. The van der Waals surface area contributed by atoms with Gasteiger partial charge in [0.05, 0.1) is 39.2 Å². The number of imidazole rings is 1. The highest BCUT2D eigenvalue weighted by Crippen LogP contribution is 2.40. The summed E-state index contributed by atoms with van der Waals surface area (Å²) in [6.45, 7) is 0.162. The molecule has 52 heavy (non-hydrogen) atoms. The van der Waals surface area contributed by atoms with E-state index in [1.165, 1.54) is 17.0 Å². The number of anilines is 2. The van der Waals surface area contributed by atoms with E-state index in [9.17, 15) is 12.3 Å². The Morgan fingerprint density at radius 3 is 2.54 bits per heavy atom. The molecule has 0 radical (unpaired) electrons. The van der Waals surface area contributed by atoms with Gasteiger partial charge in [0.2, 0.25) is 0 Å². The van der Waals surface area contributed by atoms with Crippen LogP contribution in [0.15, 0.2) is 91.4 Å². The molecule has 3 aromatic carbocycles. The van der Waals surface area contributed by atoms with Crippen molar-refractivity contribution in [2.24, 2.45) is 0 Å². The van der Waals surface area contributed by atoms with Crippen molar-refractivity contribution in [1.29, 1.82) is 0 Å². The summed E-state index contributed by atoms with van der Waals surface area (Å²) in [5, 5.41) is 4.69. The fraction of sp³-hybridized carbons (Fsp3) is 0.231. The number of cyclic esters (lactones) is 1. The number of rotatable bonds is 8. The summed E-state index contributed by atoms with van der Waals surface area (Å²) < 4.78 is 25.6. The van der Waals surface area contributed by atoms with Gasteiger partial charge in [-0.3, -0.25) is 4.79 Å². The monoisotopic (exact) mass is 755 g/mol. The Kier molecular flexibility index (Phi) is 8.86. The molecule has 2 saturated heterocycles. The van der Waals surface area contributed by atoms with E-state index in [1.807, 2.05) is 35.2 Å². The fourth-order valence-corrected chi connectivity index (χ4v) is 7.62. The molecule has 2 aliphatic heterocycles. The molecule has 0 aliphatic carbocycles. The Hall–Kier alpha value is -5.03. The third kappa shape index (κ3) is 6.69. The number of fused-ring (bicyclic) bond motifs is 1. The van der Waals surface area contributed by atoms with E-state index in [4.69, 9.17) is 44.5 Å². The van der Waals surface area contributed by atoms with Crippen LogP contribution >= 0.6 is 34.8 Å². The molecule has 5 heterocycles. The maximum absolute atomic E-state index is 14.6. The zero-order chi connectivity index (χ0) is 37.6. The second-order valence-corrected chi connectivity index (χ2v) is 14.0. The quantitative estimate of drug-likeness (QED) is 0.160. The van der Waals surface area contributed by atoms with Gasteiger partial charge in [0, 0.05) is 69.0 Å². The van der Waals surface area contributed by atoms with Crippen LogP contribution in [0, 0.1) is 0 Å². The van der Waals surface area contributed by atoms with Crippen LogP contribution in [0.3, 0.4) is 0 Å². The van der Waals surface area contributed by atoms with Crippen LogP contribution in [0.5, 0.6) is 0 Å². The molecular formula is C39H34Cl3N7O3. The molecule has 2 fully saturated rings. The lowest BCUT2D eigenvalue weighted by atomic mass is 10.0. The van der Waals surface area contributed by atoms with Crippen molar-refractivity contribution in [2.45, 2.75) is 31.8 Å². The summed E-state index contributed by atoms with van der Waals surface area (Å²) in [6, 6.07) is 22.9. The zero-order valence-electron chi connectivity index (χ0n) is 29.8. The van der Waals surface area contributed by atoms with Crippen molar-refractivity contribution in [3.8, 4) is 22.5 Å². The van der Waals surface area contributed by atoms with E-state index in [0.29, 0.717) is 75.6 Å². The van der Waals surface area contributed by atoms with Crippen molar-refractivity contribution in [3.05, 3.63) is 118 Å². The normalized spacial score (nSPS) is 16.1. The summed E-state index contributed by atoms with van der Waals surface area (Å²) in [5.41, 5.74) is 3.35. The van der Waals surface area contributed by atoms with E-state index < -0.39 is 12.4 Å². The number of H-pyrrole nitrogens is 1. The van der Waals surface area contributed by atoms with Crippen LogP contribution in [-0.2, 0) is 11.2 Å². The minimum absolute atomic E-state index is 0.0733. The first-order valence-electron chi connectivity index (χ1n) is 17.9. The Balaban J connectivity index is 1.21. The van der Waals surface area contributed by atoms with Crippen molar-refractivity contribution in [3.63, 3.8) is 0 Å². The van der Waals surface area contributed by atoms with Crippen LogP contribution in [0.1, 0.15) is 38.1 Å².